The van der Waals surface area contributed by atoms with Crippen molar-refractivity contribution in [2.45, 2.75) is 25.8 Å². The molecule has 3 rings (SSSR count). The van der Waals surface area contributed by atoms with Crippen molar-refractivity contribution in [2.24, 2.45) is 10.7 Å². The molecule has 0 aliphatic carbocycles. The minimum Gasteiger partial charge on any atom is -0.497 e. The summed E-state index contributed by atoms with van der Waals surface area (Å²) in [6, 6.07) is 15.1. The van der Waals surface area contributed by atoms with Crippen LogP contribution in [0.3, 0.4) is 0 Å². The zero-order valence-corrected chi connectivity index (χ0v) is 18.4. The Morgan fingerprint density at radius 2 is 1.86 bits per heavy atom. The number of carbonyl (C=O) groups excluding carboxylic acids is 1. The fourth-order valence-electron chi connectivity index (χ4n) is 3.10. The van der Waals surface area contributed by atoms with E-state index in [0.717, 1.165) is 48.5 Å². The fourth-order valence-corrected chi connectivity index (χ4v) is 3.10. The zero-order chi connectivity index (χ0) is 19.1. The van der Waals surface area contributed by atoms with Crippen molar-refractivity contribution >= 4 is 41.5 Å². The number of nitrogens with zero attached hydrogens (tertiary/aromatic N) is 2. The summed E-state index contributed by atoms with van der Waals surface area (Å²) < 4.78 is 5.19. The van der Waals surface area contributed by atoms with Crippen LogP contribution in [0.2, 0.25) is 0 Å². The normalized spacial score (nSPS) is 14.2. The molecule has 1 saturated heterocycles. The Balaban J connectivity index is 0.00000280. The first-order valence-corrected chi connectivity index (χ1v) is 9.25. The zero-order valence-electron chi connectivity index (χ0n) is 16.1. The lowest BCUT2D eigenvalue weighted by Gasteiger charge is -2.26. The van der Waals surface area contributed by atoms with Gasteiger partial charge in [-0.15, -0.1) is 24.0 Å². The minimum atomic E-state index is 0. The number of benzene rings is 2. The highest BCUT2D eigenvalue weighted by atomic mass is 127. The minimum absolute atomic E-state index is 0. The van der Waals surface area contributed by atoms with Gasteiger partial charge in [-0.05, 0) is 49.1 Å². The predicted octanol–water partition coefficient (Wildman–Crippen LogP) is 3.87. The van der Waals surface area contributed by atoms with E-state index in [4.69, 9.17) is 10.5 Å². The van der Waals surface area contributed by atoms with Gasteiger partial charge in [-0.2, -0.15) is 0 Å². The summed E-state index contributed by atoms with van der Waals surface area (Å²) in [5.74, 6) is 1.20. The summed E-state index contributed by atoms with van der Waals surface area (Å²) in [4.78, 5) is 18.8. The first-order valence-electron chi connectivity index (χ1n) is 9.25. The topological polar surface area (TPSA) is 80.0 Å². The molecule has 0 atom stereocenters. The second-order valence-corrected chi connectivity index (χ2v) is 6.61. The Bertz CT molecular complexity index is 802. The third kappa shape index (κ3) is 6.12. The second-order valence-electron chi connectivity index (χ2n) is 6.61. The Labute approximate surface area is 183 Å². The highest BCUT2D eigenvalue weighted by Crippen LogP contribution is 2.17. The lowest BCUT2D eigenvalue weighted by molar-refractivity contribution is 0.0724. The van der Waals surface area contributed by atoms with Crippen LogP contribution in [0, 0.1) is 0 Å². The standard InChI is InChI=1S/C21H26N4O2.HI/c1-27-19-7-5-6-18(14-19)24-21(22)23-15-16-8-10-17(11-9-16)20(26)25-12-3-2-4-13-25;/h5-11,14H,2-4,12-13,15H2,1H3,(H3,22,23,24);1H. The molecular weight excluding hydrogens is 467 g/mol. The van der Waals surface area contributed by atoms with E-state index in [9.17, 15) is 4.79 Å². The van der Waals surface area contributed by atoms with Gasteiger partial charge in [0.25, 0.3) is 5.91 Å². The van der Waals surface area contributed by atoms with Crippen LogP contribution in [-0.4, -0.2) is 37.0 Å². The number of likely N-dealkylation sites (tertiary alicyclic amines) is 1. The van der Waals surface area contributed by atoms with Gasteiger partial charge in [0.15, 0.2) is 5.96 Å². The molecule has 1 aliphatic heterocycles. The molecule has 1 amide bonds. The number of methoxy groups -OCH3 is 1. The lowest BCUT2D eigenvalue weighted by atomic mass is 10.1. The van der Waals surface area contributed by atoms with Gasteiger partial charge in [0.2, 0.25) is 0 Å². The van der Waals surface area contributed by atoms with Gasteiger partial charge < -0.3 is 20.7 Å². The monoisotopic (exact) mass is 494 g/mol. The van der Waals surface area contributed by atoms with E-state index in [-0.39, 0.29) is 29.9 Å². The molecule has 150 valence electrons. The number of amides is 1. The highest BCUT2D eigenvalue weighted by molar-refractivity contribution is 14.0. The maximum Gasteiger partial charge on any atom is 0.253 e. The molecule has 1 heterocycles. The molecule has 0 bridgehead atoms. The van der Waals surface area contributed by atoms with Crippen molar-refractivity contribution in [3.05, 3.63) is 59.7 Å². The maximum absolute atomic E-state index is 12.5. The number of anilines is 1. The predicted molar refractivity (Wildman–Crippen MR) is 124 cm³/mol. The van der Waals surface area contributed by atoms with Crippen molar-refractivity contribution in [3.63, 3.8) is 0 Å². The Morgan fingerprint density at radius 1 is 1.14 bits per heavy atom. The van der Waals surface area contributed by atoms with E-state index in [1.165, 1.54) is 6.42 Å². The van der Waals surface area contributed by atoms with Crippen LogP contribution in [0.25, 0.3) is 0 Å². The third-order valence-corrected chi connectivity index (χ3v) is 4.62. The summed E-state index contributed by atoms with van der Waals surface area (Å²) >= 11 is 0. The number of halogens is 1. The van der Waals surface area contributed by atoms with E-state index in [0.29, 0.717) is 12.5 Å². The van der Waals surface area contributed by atoms with Gasteiger partial charge in [0.1, 0.15) is 5.75 Å². The molecule has 6 nitrogen and oxygen atoms in total. The number of guanidine groups is 1. The molecule has 0 aromatic heterocycles. The SMILES string of the molecule is COc1cccc(NC(N)=NCc2ccc(C(=O)N3CCCCC3)cc2)c1.I. The first kappa shape index (κ1) is 22.0. The molecule has 0 spiro atoms. The highest BCUT2D eigenvalue weighted by Gasteiger charge is 2.17. The summed E-state index contributed by atoms with van der Waals surface area (Å²) in [7, 11) is 1.62. The molecule has 0 radical (unpaired) electrons. The number of nitrogens with one attached hydrogen (secondary N) is 1. The number of piperidine rings is 1. The molecule has 28 heavy (non-hydrogen) atoms. The Kier molecular flexibility index (Phi) is 8.56. The molecule has 7 heteroatoms. The molecule has 0 saturated carbocycles. The van der Waals surface area contributed by atoms with Crippen LogP contribution >= 0.6 is 24.0 Å². The number of rotatable bonds is 5. The third-order valence-electron chi connectivity index (χ3n) is 4.62. The number of ether oxygens (including phenoxy) is 1. The fraction of sp³-hybridized carbons (Fsp3) is 0.333. The summed E-state index contributed by atoms with van der Waals surface area (Å²) in [5.41, 5.74) is 8.51. The van der Waals surface area contributed by atoms with Gasteiger partial charge in [0, 0.05) is 30.4 Å². The first-order chi connectivity index (χ1) is 13.2. The van der Waals surface area contributed by atoms with Crippen LogP contribution in [0.1, 0.15) is 35.2 Å². The van der Waals surface area contributed by atoms with Gasteiger partial charge in [0.05, 0.1) is 13.7 Å². The number of aliphatic imine (C=N–C) groups is 1. The van der Waals surface area contributed by atoms with E-state index < -0.39 is 0 Å². The van der Waals surface area contributed by atoms with Crippen LogP contribution in [0.4, 0.5) is 5.69 Å². The van der Waals surface area contributed by atoms with Crippen LogP contribution < -0.4 is 15.8 Å². The molecular formula is C21H27IN4O2. The van der Waals surface area contributed by atoms with Crippen LogP contribution in [0.15, 0.2) is 53.5 Å². The van der Waals surface area contributed by atoms with E-state index >= 15 is 0 Å². The van der Waals surface area contributed by atoms with Gasteiger partial charge >= 0.3 is 0 Å². The van der Waals surface area contributed by atoms with Gasteiger partial charge in [-0.3, -0.25) is 4.79 Å². The van der Waals surface area contributed by atoms with Crippen molar-refractivity contribution in [2.75, 3.05) is 25.5 Å². The lowest BCUT2D eigenvalue weighted by Crippen LogP contribution is -2.35. The molecule has 0 unspecified atom stereocenters. The quantitative estimate of drug-likeness (QED) is 0.376. The van der Waals surface area contributed by atoms with E-state index in [1.54, 1.807) is 7.11 Å². The number of hydrogen-bond donors (Lipinski definition) is 2. The Morgan fingerprint density at radius 3 is 2.54 bits per heavy atom. The van der Waals surface area contributed by atoms with Crippen molar-refractivity contribution in [3.8, 4) is 5.75 Å². The Hall–Kier alpha value is -2.29. The molecule has 1 fully saturated rings. The summed E-state index contributed by atoms with van der Waals surface area (Å²) in [5, 5.41) is 3.05. The smallest absolute Gasteiger partial charge is 0.253 e. The van der Waals surface area contributed by atoms with E-state index in [2.05, 4.69) is 10.3 Å². The summed E-state index contributed by atoms with van der Waals surface area (Å²) in [6.45, 7) is 2.16. The second kappa shape index (κ2) is 10.9. The number of carbonyl (C=O) groups is 1. The number of nitrogens with two attached hydrogens (primary N) is 1. The molecule has 1 aliphatic rings. The van der Waals surface area contributed by atoms with Crippen LogP contribution in [0.5, 0.6) is 5.75 Å². The van der Waals surface area contributed by atoms with Gasteiger partial charge in [-0.25, -0.2) is 4.99 Å². The molecule has 3 N–H and O–H groups in total. The summed E-state index contributed by atoms with van der Waals surface area (Å²) in [6.07, 6.45) is 3.40. The van der Waals surface area contributed by atoms with E-state index in [1.807, 2.05) is 53.4 Å². The maximum atomic E-state index is 12.5. The van der Waals surface area contributed by atoms with Crippen molar-refractivity contribution < 1.29 is 9.53 Å². The average Bonchev–Trinajstić information content (AvgIpc) is 2.73. The number of hydrogen-bond acceptors (Lipinski definition) is 3. The average molecular weight is 494 g/mol. The van der Waals surface area contributed by atoms with Crippen molar-refractivity contribution in [1.82, 2.24) is 4.90 Å². The van der Waals surface area contributed by atoms with Crippen molar-refractivity contribution in [1.29, 1.82) is 0 Å². The largest absolute Gasteiger partial charge is 0.497 e. The molecule has 2 aromatic carbocycles. The molecule has 2 aromatic rings. The van der Waals surface area contributed by atoms with Gasteiger partial charge in [-0.1, -0.05) is 18.2 Å². The van der Waals surface area contributed by atoms with Crippen LogP contribution in [-0.2, 0) is 6.54 Å².